The van der Waals surface area contributed by atoms with E-state index in [9.17, 15) is 23.5 Å². The van der Waals surface area contributed by atoms with Crippen LogP contribution in [0.15, 0.2) is 41.3 Å². The number of nitrogen functional groups attached to an aromatic ring is 1. The fourth-order valence-corrected chi connectivity index (χ4v) is 3.98. The van der Waals surface area contributed by atoms with Crippen LogP contribution in [0.3, 0.4) is 0 Å². The first-order valence-corrected chi connectivity index (χ1v) is 12.7. The minimum atomic E-state index is -3.77. The molecule has 0 aliphatic heterocycles. The van der Waals surface area contributed by atoms with E-state index in [2.05, 4.69) is 9.88 Å². The van der Waals surface area contributed by atoms with Crippen molar-refractivity contribution in [1.82, 2.24) is 9.55 Å². The summed E-state index contributed by atoms with van der Waals surface area (Å²) < 4.78 is 39.8. The largest absolute Gasteiger partial charge is 0.463 e. The maximum Gasteiger partial charge on any atom is 0.349 e. The van der Waals surface area contributed by atoms with Gasteiger partial charge in [-0.15, -0.1) is 23.2 Å². The van der Waals surface area contributed by atoms with Gasteiger partial charge in [-0.05, 0) is 36.6 Å². The monoisotopic (exact) mass is 564 g/mol. The minimum absolute atomic E-state index is 0.0573. The van der Waals surface area contributed by atoms with E-state index in [-0.39, 0.29) is 12.2 Å². The molecule has 3 N–H and O–H groups in total. The van der Waals surface area contributed by atoms with Gasteiger partial charge in [-0.1, -0.05) is 12.1 Å². The van der Waals surface area contributed by atoms with E-state index in [0.717, 1.165) is 24.6 Å². The van der Waals surface area contributed by atoms with Crippen molar-refractivity contribution >= 4 is 40.7 Å². The number of hydrogen-bond acceptors (Lipinski definition) is 8. The maximum atomic E-state index is 14.6. The van der Waals surface area contributed by atoms with Crippen molar-refractivity contribution in [2.45, 2.75) is 43.9 Å². The van der Waals surface area contributed by atoms with Crippen LogP contribution in [0.1, 0.15) is 18.4 Å². The fourth-order valence-electron chi connectivity index (χ4n) is 3.57. The van der Waals surface area contributed by atoms with E-state index in [4.69, 9.17) is 38.4 Å². The number of rotatable bonds is 16. The first-order valence-electron chi connectivity index (χ1n) is 11.6. The van der Waals surface area contributed by atoms with Gasteiger partial charge in [0.1, 0.15) is 24.6 Å². The summed E-state index contributed by atoms with van der Waals surface area (Å²) >= 11 is 11.7. The molecule has 37 heavy (non-hydrogen) atoms. The first kappa shape index (κ1) is 30.8. The number of nitrogens with zero attached hydrogens (tertiary/aromatic N) is 3. The summed E-state index contributed by atoms with van der Waals surface area (Å²) in [5.74, 6) is -3.52. The molecule has 13 heteroatoms. The van der Waals surface area contributed by atoms with Crippen molar-refractivity contribution in [3.05, 3.63) is 52.6 Å². The molecule has 9 nitrogen and oxygen atoms in total. The molecule has 2 atom stereocenters. The number of nitrogens with two attached hydrogens (primary N) is 1. The van der Waals surface area contributed by atoms with E-state index < -0.39 is 42.9 Å². The zero-order valence-electron chi connectivity index (χ0n) is 20.5. The topological polar surface area (TPSA) is 120 Å². The number of ether oxygens (including phenoxy) is 2. The molecular formula is C24H32Cl2F2N4O5. The third-order valence-corrected chi connectivity index (χ3v) is 5.97. The summed E-state index contributed by atoms with van der Waals surface area (Å²) in [7, 11) is 1.11. The number of alkyl halides is 4. The Balaban J connectivity index is 1.82. The number of anilines is 2. The van der Waals surface area contributed by atoms with Crippen molar-refractivity contribution < 1.29 is 28.2 Å². The van der Waals surface area contributed by atoms with Crippen LogP contribution in [0.4, 0.5) is 20.3 Å². The number of aryl methyl sites for hydroxylation is 1. The Kier molecular flexibility index (Phi) is 12.5. The molecule has 0 fully saturated rings. The lowest BCUT2D eigenvalue weighted by Crippen LogP contribution is -2.49. The van der Waals surface area contributed by atoms with Gasteiger partial charge in [0.15, 0.2) is 0 Å². The lowest BCUT2D eigenvalue weighted by atomic mass is 10.1. The van der Waals surface area contributed by atoms with E-state index in [1.165, 1.54) is 6.07 Å². The molecule has 0 unspecified atom stereocenters. The average molecular weight is 565 g/mol. The summed E-state index contributed by atoms with van der Waals surface area (Å²) in [6, 6.07) is 9.03. The predicted molar refractivity (Wildman–Crippen MR) is 139 cm³/mol. The number of carbonyl (C=O) groups is 1. The summed E-state index contributed by atoms with van der Waals surface area (Å²) in [5, 5.41) is 10.2. The molecule has 0 spiro atoms. The number of benzene rings is 1. The quantitative estimate of drug-likeness (QED) is 0.236. The lowest BCUT2D eigenvalue weighted by molar-refractivity contribution is -0.183. The molecule has 0 aliphatic rings. The van der Waals surface area contributed by atoms with Crippen molar-refractivity contribution in [3.8, 4) is 0 Å². The molecule has 206 valence electrons. The number of aliphatic hydroxyl groups excluding tert-OH is 1. The van der Waals surface area contributed by atoms with E-state index in [0.29, 0.717) is 42.3 Å². The molecule has 1 heterocycles. The Morgan fingerprint density at radius 1 is 1.22 bits per heavy atom. The van der Waals surface area contributed by atoms with Crippen molar-refractivity contribution in [2.24, 2.45) is 0 Å². The zero-order chi connectivity index (χ0) is 27.4. The van der Waals surface area contributed by atoms with Gasteiger partial charge >= 0.3 is 11.7 Å². The smallest absolute Gasteiger partial charge is 0.349 e. The van der Waals surface area contributed by atoms with Gasteiger partial charge in [-0.2, -0.15) is 4.98 Å². The molecule has 0 radical (unpaired) electrons. The number of aliphatic hydroxyl groups is 1. The van der Waals surface area contributed by atoms with Gasteiger partial charge in [0.2, 0.25) is 0 Å². The van der Waals surface area contributed by atoms with E-state index in [1.807, 2.05) is 24.3 Å². The number of hydrogen-bond donors (Lipinski definition) is 2. The first-order chi connectivity index (χ1) is 17.6. The van der Waals surface area contributed by atoms with Gasteiger partial charge in [0, 0.05) is 50.3 Å². The molecule has 0 saturated carbocycles. The zero-order valence-corrected chi connectivity index (χ0v) is 22.0. The van der Waals surface area contributed by atoms with Gasteiger partial charge in [0.05, 0.1) is 6.54 Å². The molecular weight excluding hydrogens is 533 g/mol. The van der Waals surface area contributed by atoms with Crippen LogP contribution in [0.5, 0.6) is 0 Å². The summed E-state index contributed by atoms with van der Waals surface area (Å²) in [5.41, 5.74) is 6.39. The second kappa shape index (κ2) is 15.1. The van der Waals surface area contributed by atoms with Crippen LogP contribution in [0.25, 0.3) is 0 Å². The SMILES string of the molecule is CO[C@H](COC(=O)CCCc1ccc(N(CCCl)CCCl)cc1)[C@H](O)C(F)(F)Cn1ccc(N)nc1=O. The Morgan fingerprint density at radius 3 is 2.43 bits per heavy atom. The van der Waals surface area contributed by atoms with Crippen molar-refractivity contribution in [1.29, 1.82) is 0 Å². The number of methoxy groups -OCH3 is 1. The van der Waals surface area contributed by atoms with E-state index >= 15 is 0 Å². The minimum Gasteiger partial charge on any atom is -0.463 e. The highest BCUT2D eigenvalue weighted by Crippen LogP contribution is 2.25. The summed E-state index contributed by atoms with van der Waals surface area (Å²) in [6.07, 6.45) is -1.65. The van der Waals surface area contributed by atoms with Gasteiger partial charge in [-0.25, -0.2) is 13.6 Å². The lowest BCUT2D eigenvalue weighted by Gasteiger charge is -2.28. The van der Waals surface area contributed by atoms with Crippen LogP contribution in [0.2, 0.25) is 0 Å². The van der Waals surface area contributed by atoms with Gasteiger partial charge in [0.25, 0.3) is 5.92 Å². The standard InChI is InChI=1S/C24H32Cl2F2N4O5/c1-36-19(22(34)24(27,28)16-32-12-9-20(29)30-23(32)35)15-37-21(33)4-2-3-17-5-7-18(8-6-17)31(13-10-25)14-11-26/h5-9,12,19,22,34H,2-4,10-11,13-16H2,1H3,(H2,29,30,35)/t19-,22+/m1/s1. The maximum absolute atomic E-state index is 14.6. The normalized spacial score (nSPS) is 13.2. The van der Waals surface area contributed by atoms with Crippen molar-refractivity contribution in [3.63, 3.8) is 0 Å². The second-order valence-electron chi connectivity index (χ2n) is 8.31. The molecule has 0 aliphatic carbocycles. The number of halogens is 4. The summed E-state index contributed by atoms with van der Waals surface area (Å²) in [6.45, 7) is -0.367. The Hall–Kier alpha value is -2.47. The van der Waals surface area contributed by atoms with Crippen LogP contribution < -0.4 is 16.3 Å². The third-order valence-electron chi connectivity index (χ3n) is 5.63. The molecule has 0 bridgehead atoms. The van der Waals surface area contributed by atoms with E-state index in [1.54, 1.807) is 0 Å². The second-order valence-corrected chi connectivity index (χ2v) is 9.07. The highest BCUT2D eigenvalue weighted by atomic mass is 35.5. The number of aromatic nitrogens is 2. The molecule has 2 aromatic rings. The Morgan fingerprint density at radius 2 is 1.86 bits per heavy atom. The predicted octanol–water partition coefficient (Wildman–Crippen LogP) is 2.69. The highest BCUT2D eigenvalue weighted by molar-refractivity contribution is 6.18. The Labute approximate surface area is 224 Å². The molecule has 1 aromatic heterocycles. The fraction of sp³-hybridized carbons (Fsp3) is 0.542. The summed E-state index contributed by atoms with van der Waals surface area (Å²) in [4.78, 5) is 29.3. The van der Waals surface area contributed by atoms with Crippen LogP contribution in [-0.4, -0.2) is 77.3 Å². The highest BCUT2D eigenvalue weighted by Gasteiger charge is 2.44. The average Bonchev–Trinajstić information content (AvgIpc) is 2.86. The number of carbonyl (C=O) groups excluding carboxylic acids is 1. The van der Waals surface area contributed by atoms with Crippen LogP contribution in [-0.2, 0) is 27.2 Å². The third kappa shape index (κ3) is 9.73. The Bertz CT molecular complexity index is 1040. The number of esters is 1. The molecule has 0 saturated heterocycles. The molecule has 2 rings (SSSR count). The molecule has 1 aromatic carbocycles. The van der Waals surface area contributed by atoms with Crippen LogP contribution >= 0.6 is 23.2 Å². The van der Waals surface area contributed by atoms with Crippen molar-refractivity contribution in [2.75, 3.05) is 49.2 Å². The van der Waals surface area contributed by atoms with Crippen LogP contribution in [0, 0.1) is 0 Å². The molecule has 0 amide bonds. The van der Waals surface area contributed by atoms with Gasteiger partial charge in [-0.3, -0.25) is 9.36 Å². The van der Waals surface area contributed by atoms with Gasteiger partial charge < -0.3 is 25.2 Å².